The average molecular weight is 613 g/mol. The first-order chi connectivity index (χ1) is 17.7. The highest BCUT2D eigenvalue weighted by atomic mass is 79.9. The number of aromatic amines is 1. The molecule has 0 amide bonds. The molecule has 2 unspecified atom stereocenters. The summed E-state index contributed by atoms with van der Waals surface area (Å²) in [5.74, 6) is -4.14. The molecule has 0 spiro atoms. The number of esters is 2. The Hall–Kier alpha value is -3.40. The first-order valence-corrected chi connectivity index (χ1v) is 11.5. The number of hydrogen-bond donors (Lipinski definition) is 2. The fraction of sp³-hybridized carbons (Fsp3) is 0.364. The molecule has 16 heteroatoms. The van der Waals surface area contributed by atoms with Crippen LogP contribution in [0.4, 0.5) is 26.3 Å². The van der Waals surface area contributed by atoms with E-state index in [1.165, 1.54) is 12.1 Å². The van der Waals surface area contributed by atoms with Gasteiger partial charge in [0.2, 0.25) is 0 Å². The van der Waals surface area contributed by atoms with Gasteiger partial charge in [0.15, 0.2) is 5.65 Å². The van der Waals surface area contributed by atoms with Crippen LogP contribution in [0.2, 0.25) is 0 Å². The number of benzene rings is 1. The maximum absolute atomic E-state index is 12.7. The van der Waals surface area contributed by atoms with Gasteiger partial charge in [0.1, 0.15) is 30.4 Å². The van der Waals surface area contributed by atoms with E-state index in [2.05, 4.69) is 45.7 Å². The summed E-state index contributed by atoms with van der Waals surface area (Å²) in [6.07, 6.45) is -11.6. The topological polar surface area (TPSA) is 115 Å². The summed E-state index contributed by atoms with van der Waals surface area (Å²) in [4.78, 5) is 33.8. The number of carbonyl (C=O) groups is 2. The predicted octanol–water partition coefficient (Wildman–Crippen LogP) is 4.32. The van der Waals surface area contributed by atoms with Crippen molar-refractivity contribution in [3.63, 3.8) is 0 Å². The fourth-order valence-corrected chi connectivity index (χ4v) is 3.33. The maximum atomic E-state index is 12.7. The standard InChI is InChI=1S/C22H19BrF6N4O5/c1-11(37-19(34)21(24,25)26)7-30-9-15(38-20(35)22(27,28)29)10-36-14-4-2-12(3-5-14)17-32-16-6-13(23)8-31-18(16)33-17/h2-6,8,11,15,30H,7,9-10H2,1H3,(H,31,32,33). The van der Waals surface area contributed by atoms with Crippen LogP contribution in [0.5, 0.6) is 5.75 Å². The Morgan fingerprint density at radius 2 is 1.66 bits per heavy atom. The Kier molecular flexibility index (Phi) is 9.19. The minimum Gasteiger partial charge on any atom is -0.490 e. The van der Waals surface area contributed by atoms with Crippen LogP contribution in [0.25, 0.3) is 22.6 Å². The largest absolute Gasteiger partial charge is 0.490 e. The molecule has 1 aromatic carbocycles. The number of carbonyl (C=O) groups excluding carboxylic acids is 2. The second kappa shape index (κ2) is 12.0. The van der Waals surface area contributed by atoms with Crippen molar-refractivity contribution in [1.82, 2.24) is 20.3 Å². The van der Waals surface area contributed by atoms with E-state index in [0.717, 1.165) is 11.4 Å². The van der Waals surface area contributed by atoms with Crippen molar-refractivity contribution in [2.45, 2.75) is 31.5 Å². The van der Waals surface area contributed by atoms with Crippen LogP contribution in [-0.4, -0.2) is 71.1 Å². The van der Waals surface area contributed by atoms with Crippen LogP contribution < -0.4 is 10.1 Å². The molecule has 38 heavy (non-hydrogen) atoms. The van der Waals surface area contributed by atoms with Crippen molar-refractivity contribution in [2.24, 2.45) is 0 Å². The zero-order valence-corrected chi connectivity index (χ0v) is 20.9. The summed E-state index contributed by atoms with van der Waals surface area (Å²) in [5.41, 5.74) is 1.85. The number of rotatable bonds is 10. The summed E-state index contributed by atoms with van der Waals surface area (Å²) < 4.78 is 89.6. The molecule has 0 aliphatic carbocycles. The quantitative estimate of drug-likeness (QED) is 0.257. The summed E-state index contributed by atoms with van der Waals surface area (Å²) >= 11 is 3.32. The number of ether oxygens (including phenoxy) is 3. The van der Waals surface area contributed by atoms with E-state index in [4.69, 9.17) is 4.74 Å². The molecule has 2 atom stereocenters. The number of pyridine rings is 1. The van der Waals surface area contributed by atoms with Gasteiger partial charge in [-0.25, -0.2) is 19.6 Å². The molecule has 0 radical (unpaired) electrons. The molecule has 0 bridgehead atoms. The molecule has 3 aromatic rings. The van der Waals surface area contributed by atoms with E-state index in [1.807, 2.05) is 0 Å². The third-order valence-corrected chi connectivity index (χ3v) is 5.15. The number of alkyl halides is 6. The van der Waals surface area contributed by atoms with Gasteiger partial charge in [0, 0.05) is 29.3 Å². The van der Waals surface area contributed by atoms with Crippen LogP contribution in [0.1, 0.15) is 6.92 Å². The molecule has 0 saturated carbocycles. The van der Waals surface area contributed by atoms with Gasteiger partial charge in [-0.1, -0.05) is 0 Å². The third-order valence-electron chi connectivity index (χ3n) is 4.72. The number of nitrogens with one attached hydrogen (secondary N) is 2. The average Bonchev–Trinajstić information content (AvgIpc) is 3.24. The zero-order chi connectivity index (χ0) is 28.1. The van der Waals surface area contributed by atoms with Crippen molar-refractivity contribution < 1.29 is 50.1 Å². The maximum Gasteiger partial charge on any atom is 0.490 e. The first-order valence-electron chi connectivity index (χ1n) is 10.7. The van der Waals surface area contributed by atoms with Crippen LogP contribution in [0.3, 0.4) is 0 Å². The number of nitrogens with zero attached hydrogens (tertiary/aromatic N) is 2. The normalized spacial score (nSPS) is 13.7. The van der Waals surface area contributed by atoms with Crippen LogP contribution in [-0.2, 0) is 19.1 Å². The Morgan fingerprint density at radius 3 is 2.29 bits per heavy atom. The van der Waals surface area contributed by atoms with E-state index in [0.29, 0.717) is 22.6 Å². The third kappa shape index (κ3) is 8.31. The second-order valence-corrected chi connectivity index (χ2v) is 8.76. The molecular weight excluding hydrogens is 594 g/mol. The number of halogens is 7. The summed E-state index contributed by atoms with van der Waals surface area (Å²) in [6, 6.07) is 8.09. The Morgan fingerprint density at radius 1 is 1.03 bits per heavy atom. The van der Waals surface area contributed by atoms with Gasteiger partial charge in [-0.05, 0) is 53.2 Å². The Balaban J connectivity index is 1.59. The van der Waals surface area contributed by atoms with Gasteiger partial charge < -0.3 is 24.5 Å². The van der Waals surface area contributed by atoms with Crippen molar-refractivity contribution in [3.05, 3.63) is 41.0 Å². The van der Waals surface area contributed by atoms with E-state index in [1.54, 1.807) is 24.4 Å². The second-order valence-electron chi connectivity index (χ2n) is 7.84. The molecule has 0 aliphatic heterocycles. The molecule has 0 saturated heterocycles. The zero-order valence-electron chi connectivity index (χ0n) is 19.3. The van der Waals surface area contributed by atoms with Crippen LogP contribution in [0, 0.1) is 0 Å². The number of fused-ring (bicyclic) bond motifs is 1. The minimum atomic E-state index is -5.27. The molecule has 9 nitrogen and oxygen atoms in total. The summed E-state index contributed by atoms with van der Waals surface area (Å²) in [5, 5.41) is 2.49. The molecule has 0 aliphatic rings. The number of hydrogen-bond acceptors (Lipinski definition) is 8. The molecule has 2 heterocycles. The highest BCUT2D eigenvalue weighted by molar-refractivity contribution is 9.10. The Bertz CT molecular complexity index is 1270. The SMILES string of the molecule is CC(CNCC(COc1ccc(-c2nc3ncc(Br)cc3[nH]2)cc1)OC(=O)C(F)(F)F)OC(=O)C(F)(F)F. The highest BCUT2D eigenvalue weighted by Crippen LogP contribution is 2.24. The minimum absolute atomic E-state index is 0.228. The number of H-pyrrole nitrogens is 1. The van der Waals surface area contributed by atoms with Crippen molar-refractivity contribution in [1.29, 1.82) is 0 Å². The summed E-state index contributed by atoms with van der Waals surface area (Å²) in [7, 11) is 0. The van der Waals surface area contributed by atoms with Gasteiger partial charge in [-0.15, -0.1) is 0 Å². The number of aromatic nitrogens is 3. The predicted molar refractivity (Wildman–Crippen MR) is 123 cm³/mol. The van der Waals surface area contributed by atoms with Gasteiger partial charge in [0.25, 0.3) is 0 Å². The molecule has 3 rings (SSSR count). The van der Waals surface area contributed by atoms with Gasteiger partial charge in [0.05, 0.1) is 5.52 Å². The van der Waals surface area contributed by atoms with Gasteiger partial charge in [-0.2, -0.15) is 26.3 Å². The molecule has 2 N–H and O–H groups in total. The lowest BCUT2D eigenvalue weighted by Gasteiger charge is -2.21. The van der Waals surface area contributed by atoms with Crippen molar-refractivity contribution in [2.75, 3.05) is 19.7 Å². The number of imidazole rings is 1. The highest BCUT2D eigenvalue weighted by Gasteiger charge is 2.43. The van der Waals surface area contributed by atoms with E-state index < -0.39 is 49.7 Å². The molecule has 2 aromatic heterocycles. The van der Waals surface area contributed by atoms with Gasteiger partial charge in [-0.3, -0.25) is 0 Å². The van der Waals surface area contributed by atoms with E-state index >= 15 is 0 Å². The lowest BCUT2D eigenvalue weighted by Crippen LogP contribution is -2.42. The van der Waals surface area contributed by atoms with Crippen molar-refractivity contribution in [3.8, 4) is 17.1 Å². The molecule has 206 valence electrons. The van der Waals surface area contributed by atoms with Gasteiger partial charge >= 0.3 is 24.3 Å². The fourth-order valence-electron chi connectivity index (χ4n) is 3.00. The van der Waals surface area contributed by atoms with Crippen molar-refractivity contribution >= 4 is 39.0 Å². The lowest BCUT2D eigenvalue weighted by molar-refractivity contribution is -0.206. The monoisotopic (exact) mass is 612 g/mol. The summed E-state index contributed by atoms with van der Waals surface area (Å²) in [6.45, 7) is -0.176. The lowest BCUT2D eigenvalue weighted by atomic mass is 10.2. The Labute approximate surface area is 219 Å². The van der Waals surface area contributed by atoms with E-state index in [9.17, 15) is 35.9 Å². The van der Waals surface area contributed by atoms with E-state index in [-0.39, 0.29) is 12.3 Å². The van der Waals surface area contributed by atoms with Crippen LogP contribution in [0.15, 0.2) is 41.0 Å². The molecular formula is C22H19BrF6N4O5. The first kappa shape index (κ1) is 29.2. The molecule has 0 fully saturated rings. The van der Waals surface area contributed by atoms with Crippen LogP contribution >= 0.6 is 15.9 Å². The smallest absolute Gasteiger partial charge is 0.490 e.